The third-order valence-electron chi connectivity index (χ3n) is 2.63. The standard InChI is InChI=1S/C14H14N2O2/c1-9-8-11(15)4-7-13(9)16-14(18)10-2-5-12(17)6-3-10/h2-8,17H,15H2,1H3,(H,16,18). The Labute approximate surface area is 105 Å². The fourth-order valence-corrected chi connectivity index (χ4v) is 1.63. The van der Waals surface area contributed by atoms with Crippen LogP contribution >= 0.6 is 0 Å². The smallest absolute Gasteiger partial charge is 0.255 e. The van der Waals surface area contributed by atoms with Crippen LogP contribution in [0.15, 0.2) is 42.5 Å². The number of amides is 1. The summed E-state index contributed by atoms with van der Waals surface area (Å²) in [5.74, 6) is -0.0851. The number of carbonyl (C=O) groups is 1. The molecule has 0 aromatic heterocycles. The fourth-order valence-electron chi connectivity index (χ4n) is 1.63. The number of hydrogen-bond acceptors (Lipinski definition) is 3. The van der Waals surface area contributed by atoms with Crippen molar-refractivity contribution in [1.82, 2.24) is 0 Å². The Morgan fingerprint density at radius 3 is 2.44 bits per heavy atom. The lowest BCUT2D eigenvalue weighted by Gasteiger charge is -2.09. The Balaban J connectivity index is 2.18. The molecule has 4 N–H and O–H groups in total. The number of phenols is 1. The lowest BCUT2D eigenvalue weighted by atomic mass is 10.1. The molecule has 18 heavy (non-hydrogen) atoms. The average molecular weight is 242 g/mol. The van der Waals surface area contributed by atoms with Gasteiger partial charge in [-0.15, -0.1) is 0 Å². The van der Waals surface area contributed by atoms with Crippen molar-refractivity contribution in [1.29, 1.82) is 0 Å². The minimum atomic E-state index is -0.220. The van der Waals surface area contributed by atoms with E-state index >= 15 is 0 Å². The van der Waals surface area contributed by atoms with Gasteiger partial charge in [0.25, 0.3) is 5.91 Å². The molecular weight excluding hydrogens is 228 g/mol. The second-order valence-corrected chi connectivity index (χ2v) is 4.08. The van der Waals surface area contributed by atoms with Crippen LogP contribution in [0.4, 0.5) is 11.4 Å². The van der Waals surface area contributed by atoms with Crippen molar-refractivity contribution in [3.8, 4) is 5.75 Å². The summed E-state index contributed by atoms with van der Waals surface area (Å²) in [6.07, 6.45) is 0. The van der Waals surface area contributed by atoms with Crippen LogP contribution in [-0.2, 0) is 0 Å². The molecule has 0 saturated carbocycles. The highest BCUT2D eigenvalue weighted by Crippen LogP contribution is 2.19. The minimum Gasteiger partial charge on any atom is -0.508 e. The highest BCUT2D eigenvalue weighted by molar-refractivity contribution is 6.04. The van der Waals surface area contributed by atoms with Gasteiger partial charge in [0.15, 0.2) is 0 Å². The lowest BCUT2D eigenvalue weighted by Crippen LogP contribution is -2.12. The molecule has 4 nitrogen and oxygen atoms in total. The number of nitrogen functional groups attached to an aromatic ring is 1. The van der Waals surface area contributed by atoms with Crippen molar-refractivity contribution in [3.63, 3.8) is 0 Å². The monoisotopic (exact) mass is 242 g/mol. The van der Waals surface area contributed by atoms with Gasteiger partial charge in [-0.25, -0.2) is 0 Å². The molecule has 0 spiro atoms. The van der Waals surface area contributed by atoms with E-state index in [0.717, 1.165) is 11.3 Å². The normalized spacial score (nSPS) is 10.1. The molecule has 2 aromatic rings. The molecule has 4 heteroatoms. The van der Waals surface area contributed by atoms with E-state index in [-0.39, 0.29) is 11.7 Å². The van der Waals surface area contributed by atoms with E-state index in [1.807, 2.05) is 6.92 Å². The van der Waals surface area contributed by atoms with Gasteiger partial charge >= 0.3 is 0 Å². The first kappa shape index (κ1) is 12.0. The summed E-state index contributed by atoms with van der Waals surface area (Å²) in [4.78, 5) is 11.9. The van der Waals surface area contributed by atoms with Gasteiger partial charge in [-0.3, -0.25) is 4.79 Å². The van der Waals surface area contributed by atoms with Crippen LogP contribution in [0, 0.1) is 6.92 Å². The Hall–Kier alpha value is -2.49. The van der Waals surface area contributed by atoms with E-state index in [2.05, 4.69) is 5.32 Å². The molecule has 0 aliphatic carbocycles. The van der Waals surface area contributed by atoms with Crippen LogP contribution in [0.25, 0.3) is 0 Å². The van der Waals surface area contributed by atoms with E-state index in [1.165, 1.54) is 12.1 Å². The van der Waals surface area contributed by atoms with Crippen LogP contribution < -0.4 is 11.1 Å². The predicted octanol–water partition coefficient (Wildman–Crippen LogP) is 2.54. The molecule has 0 aliphatic rings. The number of aromatic hydroxyl groups is 1. The molecule has 92 valence electrons. The van der Waals surface area contributed by atoms with Gasteiger partial charge in [0.2, 0.25) is 0 Å². The van der Waals surface area contributed by atoms with Crippen LogP contribution in [-0.4, -0.2) is 11.0 Å². The average Bonchev–Trinajstić information content (AvgIpc) is 2.33. The Bertz CT molecular complexity index is 577. The number of benzene rings is 2. The zero-order valence-electron chi connectivity index (χ0n) is 9.97. The number of phenolic OH excluding ortho intramolecular Hbond substituents is 1. The second kappa shape index (κ2) is 4.79. The van der Waals surface area contributed by atoms with Crippen molar-refractivity contribution in [2.24, 2.45) is 0 Å². The molecular formula is C14H14N2O2. The number of anilines is 2. The summed E-state index contributed by atoms with van der Waals surface area (Å²) in [6, 6.07) is 11.4. The van der Waals surface area contributed by atoms with Gasteiger partial charge in [-0.05, 0) is 55.0 Å². The van der Waals surface area contributed by atoms with Crippen molar-refractivity contribution in [3.05, 3.63) is 53.6 Å². The van der Waals surface area contributed by atoms with Gasteiger partial charge in [-0.2, -0.15) is 0 Å². The molecule has 0 radical (unpaired) electrons. The number of nitrogens with one attached hydrogen (secondary N) is 1. The van der Waals surface area contributed by atoms with E-state index in [0.29, 0.717) is 11.3 Å². The quantitative estimate of drug-likeness (QED) is 0.708. The van der Waals surface area contributed by atoms with Crippen LogP contribution in [0.2, 0.25) is 0 Å². The summed E-state index contributed by atoms with van der Waals surface area (Å²) < 4.78 is 0. The third kappa shape index (κ3) is 2.60. The number of nitrogens with two attached hydrogens (primary N) is 1. The number of hydrogen-bond donors (Lipinski definition) is 3. The molecule has 0 fully saturated rings. The molecule has 1 amide bonds. The van der Waals surface area contributed by atoms with Crippen LogP contribution in [0.1, 0.15) is 15.9 Å². The van der Waals surface area contributed by atoms with Crippen molar-refractivity contribution >= 4 is 17.3 Å². The maximum absolute atomic E-state index is 11.9. The van der Waals surface area contributed by atoms with Gasteiger partial charge in [0.1, 0.15) is 5.75 Å². The van der Waals surface area contributed by atoms with E-state index in [1.54, 1.807) is 30.3 Å². The SMILES string of the molecule is Cc1cc(N)ccc1NC(=O)c1ccc(O)cc1. The topological polar surface area (TPSA) is 75.3 Å². The van der Waals surface area contributed by atoms with Crippen LogP contribution in [0.5, 0.6) is 5.75 Å². The second-order valence-electron chi connectivity index (χ2n) is 4.08. The molecule has 0 saturated heterocycles. The molecule has 0 atom stereocenters. The molecule has 0 heterocycles. The largest absolute Gasteiger partial charge is 0.508 e. The molecule has 2 aromatic carbocycles. The Morgan fingerprint density at radius 2 is 1.83 bits per heavy atom. The fraction of sp³-hybridized carbons (Fsp3) is 0.0714. The molecule has 0 bridgehead atoms. The maximum Gasteiger partial charge on any atom is 0.255 e. The van der Waals surface area contributed by atoms with Gasteiger partial charge < -0.3 is 16.2 Å². The van der Waals surface area contributed by atoms with E-state index in [4.69, 9.17) is 10.8 Å². The summed E-state index contributed by atoms with van der Waals surface area (Å²) in [7, 11) is 0. The first-order valence-corrected chi connectivity index (χ1v) is 5.53. The zero-order valence-corrected chi connectivity index (χ0v) is 9.97. The minimum absolute atomic E-state index is 0.134. The first-order valence-electron chi connectivity index (χ1n) is 5.53. The van der Waals surface area contributed by atoms with E-state index < -0.39 is 0 Å². The first-order chi connectivity index (χ1) is 8.56. The summed E-state index contributed by atoms with van der Waals surface area (Å²) >= 11 is 0. The molecule has 0 unspecified atom stereocenters. The van der Waals surface area contributed by atoms with Gasteiger partial charge in [0, 0.05) is 16.9 Å². The molecule has 0 aliphatic heterocycles. The van der Waals surface area contributed by atoms with Crippen molar-refractivity contribution < 1.29 is 9.90 Å². The highest BCUT2D eigenvalue weighted by atomic mass is 16.3. The zero-order chi connectivity index (χ0) is 13.1. The van der Waals surface area contributed by atoms with Gasteiger partial charge in [0.05, 0.1) is 0 Å². The number of carbonyl (C=O) groups excluding carboxylic acids is 1. The number of rotatable bonds is 2. The van der Waals surface area contributed by atoms with E-state index in [9.17, 15) is 4.79 Å². The maximum atomic E-state index is 11.9. The summed E-state index contributed by atoms with van der Waals surface area (Å²) in [5, 5.41) is 12.0. The lowest BCUT2D eigenvalue weighted by molar-refractivity contribution is 0.102. The molecule has 2 rings (SSSR count). The van der Waals surface area contributed by atoms with Crippen molar-refractivity contribution in [2.75, 3.05) is 11.1 Å². The summed E-state index contributed by atoms with van der Waals surface area (Å²) in [6.45, 7) is 1.88. The highest BCUT2D eigenvalue weighted by Gasteiger charge is 2.07. The third-order valence-corrected chi connectivity index (χ3v) is 2.63. The predicted molar refractivity (Wildman–Crippen MR) is 71.7 cm³/mol. The van der Waals surface area contributed by atoms with Gasteiger partial charge in [-0.1, -0.05) is 0 Å². The summed E-state index contributed by atoms with van der Waals surface area (Å²) in [5.41, 5.74) is 8.43. The van der Waals surface area contributed by atoms with Crippen LogP contribution in [0.3, 0.4) is 0 Å². The Morgan fingerprint density at radius 1 is 1.17 bits per heavy atom. The Kier molecular flexibility index (Phi) is 3.19. The van der Waals surface area contributed by atoms with Crippen molar-refractivity contribution in [2.45, 2.75) is 6.92 Å². The number of aryl methyl sites for hydroxylation is 1.